The third-order valence-electron chi connectivity index (χ3n) is 5.46. The lowest BCUT2D eigenvalue weighted by Gasteiger charge is -2.25. The number of phenols is 1. The van der Waals surface area contributed by atoms with Gasteiger partial charge < -0.3 is 19.7 Å². The fraction of sp³-hybridized carbons (Fsp3) is 0.120. The van der Waals surface area contributed by atoms with Crippen LogP contribution >= 0.6 is 23.2 Å². The summed E-state index contributed by atoms with van der Waals surface area (Å²) in [6, 6.07) is 14.5. The number of methoxy groups -OCH3 is 2. The Bertz CT molecular complexity index is 1300. The molecule has 0 saturated carbocycles. The molecular formula is C25H19Cl2NO6. The number of ketones is 1. The second kappa shape index (κ2) is 9.29. The number of phenolic OH excluding ortho intramolecular Hbond substituents is 1. The summed E-state index contributed by atoms with van der Waals surface area (Å²) in [6.07, 6.45) is 0. The van der Waals surface area contributed by atoms with Crippen molar-refractivity contribution < 1.29 is 29.3 Å². The highest BCUT2D eigenvalue weighted by Crippen LogP contribution is 2.44. The molecule has 174 valence electrons. The maximum atomic E-state index is 13.2. The highest BCUT2D eigenvalue weighted by atomic mass is 35.5. The second-order valence-electron chi connectivity index (χ2n) is 7.44. The first-order valence-corrected chi connectivity index (χ1v) is 10.8. The van der Waals surface area contributed by atoms with E-state index in [-0.39, 0.29) is 32.7 Å². The van der Waals surface area contributed by atoms with E-state index in [1.165, 1.54) is 43.4 Å². The first kappa shape index (κ1) is 23.5. The van der Waals surface area contributed by atoms with Gasteiger partial charge in [0, 0.05) is 17.3 Å². The molecule has 1 aliphatic heterocycles. The zero-order chi connectivity index (χ0) is 24.6. The van der Waals surface area contributed by atoms with Crippen molar-refractivity contribution in [3.63, 3.8) is 0 Å². The summed E-state index contributed by atoms with van der Waals surface area (Å²) < 4.78 is 10.4. The van der Waals surface area contributed by atoms with Gasteiger partial charge in [0.25, 0.3) is 11.7 Å². The van der Waals surface area contributed by atoms with Crippen LogP contribution in [-0.4, -0.2) is 36.1 Å². The Hall–Kier alpha value is -3.68. The monoisotopic (exact) mass is 499 g/mol. The molecule has 2 N–H and O–H groups in total. The minimum atomic E-state index is -0.993. The number of amides is 1. The highest BCUT2D eigenvalue weighted by Gasteiger charge is 2.47. The number of rotatable bonds is 5. The van der Waals surface area contributed by atoms with E-state index >= 15 is 0 Å². The van der Waals surface area contributed by atoms with Gasteiger partial charge in [-0.25, -0.2) is 0 Å². The SMILES string of the molecule is COc1cccc(N2C(=O)C(=O)/C(=C(/O)c3cc(Cl)c(OC)c(Cl)c3)C2c2ccc(O)cc2)c1. The largest absolute Gasteiger partial charge is 0.508 e. The minimum absolute atomic E-state index is 0.01000. The van der Waals surface area contributed by atoms with Crippen molar-refractivity contribution in [2.75, 3.05) is 19.1 Å². The Balaban J connectivity index is 1.96. The quantitative estimate of drug-likeness (QED) is 0.279. The molecule has 1 saturated heterocycles. The fourth-order valence-electron chi connectivity index (χ4n) is 3.88. The molecular weight excluding hydrogens is 481 g/mol. The van der Waals surface area contributed by atoms with E-state index in [9.17, 15) is 19.8 Å². The van der Waals surface area contributed by atoms with E-state index in [2.05, 4.69) is 0 Å². The maximum Gasteiger partial charge on any atom is 0.300 e. The molecule has 1 unspecified atom stereocenters. The van der Waals surface area contributed by atoms with E-state index in [1.54, 1.807) is 36.4 Å². The number of aromatic hydroxyl groups is 1. The molecule has 1 fully saturated rings. The Morgan fingerprint density at radius 2 is 1.59 bits per heavy atom. The van der Waals surface area contributed by atoms with Crippen molar-refractivity contribution in [1.82, 2.24) is 0 Å². The van der Waals surface area contributed by atoms with Crippen molar-refractivity contribution in [1.29, 1.82) is 0 Å². The molecule has 3 aromatic carbocycles. The Morgan fingerprint density at radius 1 is 0.941 bits per heavy atom. The average Bonchev–Trinajstić information content (AvgIpc) is 3.09. The third kappa shape index (κ3) is 4.04. The van der Waals surface area contributed by atoms with Crippen LogP contribution in [0.3, 0.4) is 0 Å². The normalized spacial score (nSPS) is 17.2. The molecule has 9 heteroatoms. The summed E-state index contributed by atoms with van der Waals surface area (Å²) in [5, 5.41) is 21.2. The first-order chi connectivity index (χ1) is 16.3. The Kier molecular flexibility index (Phi) is 6.41. The molecule has 0 radical (unpaired) electrons. The molecule has 0 spiro atoms. The van der Waals surface area contributed by atoms with Crippen molar-refractivity contribution in [3.05, 3.63) is 87.4 Å². The van der Waals surface area contributed by atoms with E-state index < -0.39 is 23.5 Å². The Labute approximate surface area is 205 Å². The van der Waals surface area contributed by atoms with Gasteiger partial charge in [0.05, 0.1) is 35.9 Å². The van der Waals surface area contributed by atoms with Gasteiger partial charge in [-0.1, -0.05) is 41.4 Å². The van der Waals surface area contributed by atoms with Crippen molar-refractivity contribution in [2.24, 2.45) is 0 Å². The molecule has 4 rings (SSSR count). The van der Waals surface area contributed by atoms with Crippen LogP contribution in [0, 0.1) is 0 Å². The van der Waals surface area contributed by atoms with Gasteiger partial charge >= 0.3 is 0 Å². The van der Waals surface area contributed by atoms with Crippen molar-refractivity contribution in [3.8, 4) is 17.2 Å². The molecule has 34 heavy (non-hydrogen) atoms. The number of nitrogens with zero attached hydrogens (tertiary/aromatic N) is 1. The number of carbonyl (C=O) groups is 2. The lowest BCUT2D eigenvalue weighted by molar-refractivity contribution is -0.132. The number of hydrogen-bond donors (Lipinski definition) is 2. The lowest BCUT2D eigenvalue weighted by atomic mass is 9.95. The zero-order valence-electron chi connectivity index (χ0n) is 18.1. The predicted molar refractivity (Wildman–Crippen MR) is 129 cm³/mol. The number of Topliss-reactive ketones (excluding diaryl/α,β-unsaturated/α-hetero) is 1. The fourth-order valence-corrected chi connectivity index (χ4v) is 4.52. The molecule has 7 nitrogen and oxygen atoms in total. The van der Waals surface area contributed by atoms with Crippen LogP contribution in [-0.2, 0) is 9.59 Å². The van der Waals surface area contributed by atoms with Crippen molar-refractivity contribution in [2.45, 2.75) is 6.04 Å². The zero-order valence-corrected chi connectivity index (χ0v) is 19.6. The number of aliphatic hydroxyl groups excluding tert-OH is 1. The highest BCUT2D eigenvalue weighted by molar-refractivity contribution is 6.51. The van der Waals surface area contributed by atoms with Crippen molar-refractivity contribution >= 4 is 46.3 Å². The molecule has 1 heterocycles. The van der Waals surface area contributed by atoms with Gasteiger partial charge in [0.15, 0.2) is 5.75 Å². The number of halogens is 2. The average molecular weight is 500 g/mol. The van der Waals surface area contributed by atoms with Crippen LogP contribution < -0.4 is 14.4 Å². The first-order valence-electron chi connectivity index (χ1n) is 10.0. The molecule has 0 bridgehead atoms. The van der Waals surface area contributed by atoms with E-state index in [0.717, 1.165) is 0 Å². The number of carbonyl (C=O) groups excluding carboxylic acids is 2. The van der Waals surface area contributed by atoms with Gasteiger partial charge in [0.2, 0.25) is 0 Å². The van der Waals surface area contributed by atoms with E-state index in [4.69, 9.17) is 32.7 Å². The molecule has 0 aliphatic carbocycles. The molecule has 3 aromatic rings. The molecule has 0 aromatic heterocycles. The molecule has 1 aliphatic rings. The summed E-state index contributed by atoms with van der Waals surface area (Å²) in [4.78, 5) is 27.7. The maximum absolute atomic E-state index is 13.2. The smallest absolute Gasteiger partial charge is 0.300 e. The lowest BCUT2D eigenvalue weighted by Crippen LogP contribution is -2.29. The summed E-state index contributed by atoms with van der Waals surface area (Å²) in [5.41, 5.74) is 0.871. The number of aliphatic hydroxyl groups is 1. The standard InChI is InChI=1S/C25H19Cl2NO6/c1-33-17-5-3-4-15(12-17)28-21(13-6-8-16(29)9-7-13)20(23(31)25(28)32)22(30)14-10-18(26)24(34-2)19(27)11-14/h3-12,21,29-30H,1-2H3/b22-20+. The van der Waals surface area contributed by atoms with Crippen LogP contribution in [0.4, 0.5) is 5.69 Å². The van der Waals surface area contributed by atoms with E-state index in [0.29, 0.717) is 17.0 Å². The molecule has 1 amide bonds. The number of anilines is 1. The van der Waals surface area contributed by atoms with Crippen LogP contribution in [0.25, 0.3) is 5.76 Å². The second-order valence-corrected chi connectivity index (χ2v) is 8.25. The summed E-state index contributed by atoms with van der Waals surface area (Å²) in [5.74, 6) is -1.46. The number of hydrogen-bond acceptors (Lipinski definition) is 6. The summed E-state index contributed by atoms with van der Waals surface area (Å²) in [7, 11) is 2.89. The predicted octanol–water partition coefficient (Wildman–Crippen LogP) is 5.34. The topological polar surface area (TPSA) is 96.3 Å². The third-order valence-corrected chi connectivity index (χ3v) is 6.02. The Morgan fingerprint density at radius 3 is 2.18 bits per heavy atom. The van der Waals surface area contributed by atoms with Gasteiger partial charge in [-0.2, -0.15) is 0 Å². The van der Waals surface area contributed by atoms with Gasteiger partial charge in [-0.05, 0) is 42.0 Å². The van der Waals surface area contributed by atoms with Crippen LogP contribution in [0.2, 0.25) is 10.0 Å². The van der Waals surface area contributed by atoms with Crippen LogP contribution in [0.15, 0.2) is 66.2 Å². The number of ether oxygens (including phenoxy) is 2. The van der Waals surface area contributed by atoms with Gasteiger partial charge in [0.1, 0.15) is 17.3 Å². The van der Waals surface area contributed by atoms with Crippen LogP contribution in [0.1, 0.15) is 17.2 Å². The number of benzene rings is 3. The van der Waals surface area contributed by atoms with Gasteiger partial charge in [-0.15, -0.1) is 0 Å². The van der Waals surface area contributed by atoms with E-state index in [1.807, 2.05) is 0 Å². The minimum Gasteiger partial charge on any atom is -0.508 e. The summed E-state index contributed by atoms with van der Waals surface area (Å²) in [6.45, 7) is 0. The molecule has 1 atom stereocenters. The van der Waals surface area contributed by atoms with Crippen LogP contribution in [0.5, 0.6) is 17.2 Å². The van der Waals surface area contributed by atoms with Gasteiger partial charge in [-0.3, -0.25) is 14.5 Å². The summed E-state index contributed by atoms with van der Waals surface area (Å²) >= 11 is 12.5.